The van der Waals surface area contributed by atoms with Crippen LogP contribution in [0.2, 0.25) is 0 Å². The Morgan fingerprint density at radius 3 is 2.07 bits per heavy atom. The molecule has 0 aliphatic heterocycles. The lowest BCUT2D eigenvalue weighted by Gasteiger charge is -2.14. The number of carbonyl (C=O) groups is 1. The minimum absolute atomic E-state index is 0.0902. The molecule has 0 bridgehead atoms. The summed E-state index contributed by atoms with van der Waals surface area (Å²) in [4.78, 5) is 51.8. The molecule has 0 saturated heterocycles. The van der Waals surface area contributed by atoms with Crippen LogP contribution < -0.4 is 5.56 Å². The molecule has 0 saturated carbocycles. The fourth-order valence-corrected chi connectivity index (χ4v) is 4.80. The molecule has 0 fully saturated rings. The Morgan fingerprint density at radius 1 is 0.795 bits per heavy atom. The van der Waals surface area contributed by atoms with Crippen LogP contribution in [0.5, 0.6) is 0 Å². The number of H-pyrrole nitrogens is 1. The highest BCUT2D eigenvalue weighted by Crippen LogP contribution is 2.30. The summed E-state index contributed by atoms with van der Waals surface area (Å²) in [6, 6.07) is 28.5. The first-order valence-electron chi connectivity index (χ1n) is 13.2. The highest BCUT2D eigenvalue weighted by atomic mass is 16.6. The maximum Gasteiger partial charge on any atom is 0.269 e. The van der Waals surface area contributed by atoms with E-state index in [0.29, 0.717) is 27.9 Å². The number of ketones is 1. The lowest BCUT2D eigenvalue weighted by molar-refractivity contribution is -0.385. The summed E-state index contributed by atoms with van der Waals surface area (Å²) in [7, 11) is 0. The largest absolute Gasteiger partial charge is 0.320 e. The normalized spacial score (nSPS) is 11.4. The van der Waals surface area contributed by atoms with Crippen LogP contribution in [0, 0.1) is 20.2 Å². The van der Waals surface area contributed by atoms with Gasteiger partial charge in [0.05, 0.1) is 32.3 Å². The molecule has 12 nitrogen and oxygen atoms in total. The Morgan fingerprint density at radius 2 is 1.41 bits per heavy atom. The van der Waals surface area contributed by atoms with Gasteiger partial charge in [-0.15, -0.1) is 5.10 Å². The first-order chi connectivity index (χ1) is 21.3. The smallest absolute Gasteiger partial charge is 0.269 e. The van der Waals surface area contributed by atoms with Crippen LogP contribution in [-0.2, 0) is 0 Å². The summed E-state index contributed by atoms with van der Waals surface area (Å²) in [6.45, 7) is 0. The molecular weight excluding hydrogens is 564 g/mol. The molecule has 0 unspecified atom stereocenters. The molecule has 6 rings (SSSR count). The number of carbonyl (C=O) groups excluding carboxylic acids is 1. The maximum absolute atomic E-state index is 13.8. The predicted octanol–water partition coefficient (Wildman–Crippen LogP) is 5.88. The van der Waals surface area contributed by atoms with E-state index in [1.165, 1.54) is 41.1 Å². The third kappa shape index (κ3) is 5.25. The Balaban J connectivity index is 1.61. The second kappa shape index (κ2) is 11.4. The maximum atomic E-state index is 13.8. The number of non-ortho nitro benzene ring substituents is 2. The summed E-state index contributed by atoms with van der Waals surface area (Å²) in [6.07, 6.45) is 1.68. The average molecular weight is 585 g/mol. The quantitative estimate of drug-likeness (QED) is 0.131. The van der Waals surface area contributed by atoms with Crippen molar-refractivity contribution in [2.75, 3.05) is 0 Å². The van der Waals surface area contributed by atoms with Crippen molar-refractivity contribution in [3.05, 3.63) is 162 Å². The van der Waals surface area contributed by atoms with Gasteiger partial charge in [-0.2, -0.15) is 0 Å². The number of hydrogen-bond acceptors (Lipinski definition) is 8. The predicted molar refractivity (Wildman–Crippen MR) is 163 cm³/mol. The first kappa shape index (κ1) is 27.6. The van der Waals surface area contributed by atoms with Crippen LogP contribution in [0.4, 0.5) is 11.4 Å². The lowest BCUT2D eigenvalue weighted by Crippen LogP contribution is -2.22. The molecule has 0 radical (unpaired) electrons. The number of hydrogen-bond donors (Lipinski definition) is 1. The monoisotopic (exact) mass is 584 g/mol. The molecule has 214 valence electrons. The second-order valence-electron chi connectivity index (χ2n) is 9.67. The molecule has 2 heterocycles. The van der Waals surface area contributed by atoms with Crippen LogP contribution in [0.25, 0.3) is 33.9 Å². The number of pyridine rings is 1. The van der Waals surface area contributed by atoms with Gasteiger partial charge in [-0.1, -0.05) is 47.7 Å². The van der Waals surface area contributed by atoms with E-state index in [4.69, 9.17) is 0 Å². The van der Waals surface area contributed by atoms with E-state index in [2.05, 4.69) is 15.3 Å². The van der Waals surface area contributed by atoms with E-state index in [0.717, 1.165) is 0 Å². The van der Waals surface area contributed by atoms with Gasteiger partial charge < -0.3 is 4.98 Å². The van der Waals surface area contributed by atoms with Gasteiger partial charge >= 0.3 is 0 Å². The van der Waals surface area contributed by atoms with Crippen LogP contribution in [0.3, 0.4) is 0 Å². The number of nitro benzene ring substituents is 2. The summed E-state index contributed by atoms with van der Waals surface area (Å²) in [5, 5.41) is 31.1. The number of nitrogens with one attached hydrogen (secondary N) is 1. The number of nitrogens with zero attached hydrogens (tertiary/aromatic N) is 5. The van der Waals surface area contributed by atoms with Crippen molar-refractivity contribution in [1.29, 1.82) is 0 Å². The standard InChI is InChI=1S/C32H20N6O6/c39-31(22-6-2-1-3-7-22)30-25(21-12-16-24(17-13-21)38(43)44)19-27(33-32(30)40)29(18-20-10-14-23(15-11-20)37(41)42)36-28-9-5-4-8-26(28)34-35-36/h1-19H,(H,33,40)/b29-18+. The fraction of sp³-hybridized carbons (Fsp3) is 0. The van der Waals surface area contributed by atoms with Crippen molar-refractivity contribution in [2.24, 2.45) is 0 Å². The zero-order valence-electron chi connectivity index (χ0n) is 22.7. The third-order valence-corrected chi connectivity index (χ3v) is 6.95. The van der Waals surface area contributed by atoms with Gasteiger partial charge in [-0.3, -0.25) is 29.8 Å². The van der Waals surface area contributed by atoms with Gasteiger partial charge in [-0.25, -0.2) is 4.68 Å². The van der Waals surface area contributed by atoms with E-state index in [9.17, 15) is 29.8 Å². The zero-order chi connectivity index (χ0) is 30.8. The molecule has 4 aromatic carbocycles. The minimum Gasteiger partial charge on any atom is -0.320 e. The van der Waals surface area contributed by atoms with Gasteiger partial charge in [0.25, 0.3) is 16.9 Å². The SMILES string of the molecule is O=C(c1ccccc1)c1c(-c2ccc([N+](=O)[O-])cc2)cc(/C(=C\c2ccc([N+](=O)[O-])cc2)n2nnc3ccccc32)[nH]c1=O. The molecule has 0 spiro atoms. The molecule has 6 aromatic rings. The van der Waals surface area contributed by atoms with Crippen molar-refractivity contribution in [3.8, 4) is 11.1 Å². The van der Waals surface area contributed by atoms with Gasteiger partial charge in [0.1, 0.15) is 5.52 Å². The van der Waals surface area contributed by atoms with Gasteiger partial charge in [0.2, 0.25) is 0 Å². The number of benzene rings is 4. The van der Waals surface area contributed by atoms with Crippen molar-refractivity contribution >= 4 is 40.0 Å². The van der Waals surface area contributed by atoms with Crippen molar-refractivity contribution in [1.82, 2.24) is 20.0 Å². The summed E-state index contributed by atoms with van der Waals surface area (Å²) < 4.78 is 1.51. The van der Waals surface area contributed by atoms with E-state index < -0.39 is 21.2 Å². The number of fused-ring (bicyclic) bond motifs is 1. The van der Waals surface area contributed by atoms with E-state index in [1.54, 1.807) is 78.9 Å². The number of aromatic nitrogens is 4. The van der Waals surface area contributed by atoms with Crippen LogP contribution in [-0.4, -0.2) is 35.6 Å². The fourth-order valence-electron chi connectivity index (χ4n) is 4.80. The molecule has 12 heteroatoms. The first-order valence-corrected chi connectivity index (χ1v) is 13.2. The third-order valence-electron chi connectivity index (χ3n) is 6.95. The second-order valence-corrected chi connectivity index (χ2v) is 9.67. The molecule has 0 aliphatic carbocycles. The molecule has 0 aliphatic rings. The Hall–Kier alpha value is -6.56. The van der Waals surface area contributed by atoms with Crippen molar-refractivity contribution < 1.29 is 14.6 Å². The topological polar surface area (TPSA) is 167 Å². The van der Waals surface area contributed by atoms with E-state index in [-0.39, 0.29) is 33.8 Å². The Labute approximate surface area is 247 Å². The molecule has 0 amide bonds. The summed E-state index contributed by atoms with van der Waals surface area (Å²) in [5.74, 6) is -0.529. The van der Waals surface area contributed by atoms with Gasteiger partial charge in [-0.05, 0) is 59.7 Å². The van der Waals surface area contributed by atoms with E-state index >= 15 is 0 Å². The summed E-state index contributed by atoms with van der Waals surface area (Å²) >= 11 is 0. The van der Waals surface area contributed by atoms with Crippen LogP contribution >= 0.6 is 0 Å². The molecule has 44 heavy (non-hydrogen) atoms. The van der Waals surface area contributed by atoms with Crippen molar-refractivity contribution in [3.63, 3.8) is 0 Å². The molecular formula is C32H20N6O6. The minimum atomic E-state index is -0.691. The Kier molecular flexibility index (Phi) is 7.13. The van der Waals surface area contributed by atoms with Gasteiger partial charge in [0.15, 0.2) is 5.78 Å². The Bertz CT molecular complexity index is 2150. The number of aromatic amines is 1. The number of nitro groups is 2. The highest BCUT2D eigenvalue weighted by Gasteiger charge is 2.23. The lowest BCUT2D eigenvalue weighted by atomic mass is 9.94. The number of rotatable bonds is 8. The number of para-hydroxylation sites is 1. The van der Waals surface area contributed by atoms with Crippen LogP contribution in [0.15, 0.2) is 114 Å². The van der Waals surface area contributed by atoms with Gasteiger partial charge in [0, 0.05) is 35.4 Å². The van der Waals surface area contributed by atoms with E-state index in [1.807, 2.05) is 0 Å². The van der Waals surface area contributed by atoms with Crippen molar-refractivity contribution in [2.45, 2.75) is 0 Å². The molecule has 1 N–H and O–H groups in total. The molecule has 0 atom stereocenters. The average Bonchev–Trinajstić information content (AvgIpc) is 3.47. The zero-order valence-corrected chi connectivity index (χ0v) is 22.7. The summed E-state index contributed by atoms with van der Waals surface area (Å²) in [5.41, 5.74) is 2.22. The highest BCUT2D eigenvalue weighted by molar-refractivity contribution is 6.12. The molecule has 2 aromatic heterocycles. The van der Waals surface area contributed by atoms with Crippen LogP contribution in [0.1, 0.15) is 27.2 Å².